The molecule has 0 saturated heterocycles. The number of nitrogens with zero attached hydrogens (tertiary/aromatic N) is 4. The predicted molar refractivity (Wildman–Crippen MR) is 74.2 cm³/mol. The Hall–Kier alpha value is -1.19. The summed E-state index contributed by atoms with van der Waals surface area (Å²) in [6, 6.07) is 0.155. The van der Waals surface area contributed by atoms with Gasteiger partial charge < -0.3 is 14.8 Å². The SMILES string of the molecule is COC(Cn1nnnc1SCCC(=O)NC(C)C)OC. The van der Waals surface area contributed by atoms with E-state index in [1.54, 1.807) is 18.9 Å². The van der Waals surface area contributed by atoms with Gasteiger partial charge in [-0.05, 0) is 24.3 Å². The first kappa shape index (κ1) is 16.9. The molecule has 1 aromatic rings. The Balaban J connectivity index is 2.41. The van der Waals surface area contributed by atoms with Crippen LogP contribution in [0.3, 0.4) is 0 Å². The Morgan fingerprint density at radius 1 is 1.40 bits per heavy atom. The summed E-state index contributed by atoms with van der Waals surface area (Å²) < 4.78 is 11.8. The van der Waals surface area contributed by atoms with E-state index in [0.29, 0.717) is 23.9 Å². The first-order valence-electron chi connectivity index (χ1n) is 6.30. The van der Waals surface area contributed by atoms with Gasteiger partial charge in [0.25, 0.3) is 0 Å². The Bertz CT molecular complexity index is 409. The molecule has 1 rings (SSSR count). The van der Waals surface area contributed by atoms with Gasteiger partial charge in [0.15, 0.2) is 6.29 Å². The van der Waals surface area contributed by atoms with Crippen molar-refractivity contribution in [3.63, 3.8) is 0 Å². The fraction of sp³-hybridized carbons (Fsp3) is 0.818. The average molecular weight is 303 g/mol. The van der Waals surface area contributed by atoms with Gasteiger partial charge in [0.1, 0.15) is 0 Å². The normalized spacial score (nSPS) is 11.3. The number of rotatable bonds is 9. The number of carbonyl (C=O) groups excluding carboxylic acids is 1. The van der Waals surface area contributed by atoms with Gasteiger partial charge in [0, 0.05) is 32.4 Å². The number of thioether (sulfide) groups is 1. The van der Waals surface area contributed by atoms with Crippen LogP contribution in [0.25, 0.3) is 0 Å². The number of nitrogens with one attached hydrogen (secondary N) is 1. The van der Waals surface area contributed by atoms with Crippen molar-refractivity contribution in [2.45, 2.75) is 44.3 Å². The van der Waals surface area contributed by atoms with Crippen LogP contribution in [0.15, 0.2) is 5.16 Å². The van der Waals surface area contributed by atoms with Crippen LogP contribution in [-0.2, 0) is 20.8 Å². The summed E-state index contributed by atoms with van der Waals surface area (Å²) in [6.45, 7) is 4.27. The molecular formula is C11H21N5O3S. The molecular weight excluding hydrogens is 282 g/mol. The summed E-state index contributed by atoms with van der Waals surface area (Å²) in [7, 11) is 3.11. The molecule has 1 N–H and O–H groups in total. The Labute approximate surface area is 122 Å². The largest absolute Gasteiger partial charge is 0.354 e. The third-order valence-corrected chi connectivity index (χ3v) is 3.32. The second kappa shape index (κ2) is 8.88. The van der Waals surface area contributed by atoms with Crippen molar-refractivity contribution in [2.75, 3.05) is 20.0 Å². The maximum Gasteiger partial charge on any atom is 0.221 e. The van der Waals surface area contributed by atoms with Crippen LogP contribution >= 0.6 is 11.8 Å². The first-order chi connectivity index (χ1) is 9.56. The minimum Gasteiger partial charge on any atom is -0.354 e. The molecule has 0 spiro atoms. The monoisotopic (exact) mass is 303 g/mol. The van der Waals surface area contributed by atoms with Crippen molar-refractivity contribution in [1.29, 1.82) is 0 Å². The molecule has 0 aliphatic carbocycles. The number of hydrogen-bond acceptors (Lipinski definition) is 7. The molecule has 0 bridgehead atoms. The van der Waals surface area contributed by atoms with Crippen LogP contribution in [-0.4, -0.2) is 58.4 Å². The van der Waals surface area contributed by atoms with E-state index < -0.39 is 6.29 Å². The second-order valence-corrected chi connectivity index (χ2v) is 5.43. The van der Waals surface area contributed by atoms with Crippen molar-refractivity contribution in [3.05, 3.63) is 0 Å². The number of ether oxygens (including phenoxy) is 2. The molecule has 1 amide bonds. The van der Waals surface area contributed by atoms with Crippen LogP contribution in [0, 0.1) is 0 Å². The first-order valence-corrected chi connectivity index (χ1v) is 7.29. The zero-order valence-electron chi connectivity index (χ0n) is 12.2. The quantitative estimate of drug-likeness (QED) is 0.518. The van der Waals surface area contributed by atoms with E-state index in [0.717, 1.165) is 0 Å². The zero-order chi connectivity index (χ0) is 15.0. The molecule has 0 radical (unpaired) electrons. The second-order valence-electron chi connectivity index (χ2n) is 4.37. The van der Waals surface area contributed by atoms with Crippen LogP contribution in [0.2, 0.25) is 0 Å². The van der Waals surface area contributed by atoms with Crippen molar-refractivity contribution in [1.82, 2.24) is 25.5 Å². The topological polar surface area (TPSA) is 91.2 Å². The lowest BCUT2D eigenvalue weighted by molar-refractivity contribution is -0.121. The predicted octanol–water partition coefficient (Wildman–Crippen LogP) is 0.299. The Kier molecular flexibility index (Phi) is 7.48. The van der Waals surface area contributed by atoms with E-state index in [9.17, 15) is 4.79 Å². The molecule has 1 heterocycles. The number of carbonyl (C=O) groups is 1. The van der Waals surface area contributed by atoms with Crippen LogP contribution in [0.5, 0.6) is 0 Å². The molecule has 8 nitrogen and oxygen atoms in total. The van der Waals surface area contributed by atoms with E-state index in [1.165, 1.54) is 11.8 Å². The number of methoxy groups -OCH3 is 2. The fourth-order valence-corrected chi connectivity index (χ4v) is 2.25. The smallest absolute Gasteiger partial charge is 0.221 e. The lowest BCUT2D eigenvalue weighted by atomic mass is 10.3. The average Bonchev–Trinajstić information content (AvgIpc) is 2.82. The molecule has 1 aromatic heterocycles. The van der Waals surface area contributed by atoms with E-state index in [2.05, 4.69) is 20.8 Å². The van der Waals surface area contributed by atoms with Gasteiger partial charge in [-0.2, -0.15) is 0 Å². The summed E-state index contributed by atoms with van der Waals surface area (Å²) in [4.78, 5) is 11.5. The van der Waals surface area contributed by atoms with Crippen LogP contribution in [0.4, 0.5) is 0 Å². The molecule has 114 valence electrons. The Morgan fingerprint density at radius 2 is 2.10 bits per heavy atom. The fourth-order valence-electron chi connectivity index (χ4n) is 1.43. The summed E-state index contributed by atoms with van der Waals surface area (Å²) in [5.41, 5.74) is 0. The summed E-state index contributed by atoms with van der Waals surface area (Å²) in [6.07, 6.45) is 0.0235. The van der Waals surface area contributed by atoms with Gasteiger partial charge >= 0.3 is 0 Å². The van der Waals surface area contributed by atoms with Crippen molar-refractivity contribution in [2.24, 2.45) is 0 Å². The van der Waals surface area contributed by atoms with Crippen molar-refractivity contribution in [3.8, 4) is 0 Å². The molecule has 0 saturated carbocycles. The van der Waals surface area contributed by atoms with Gasteiger partial charge in [0.05, 0.1) is 6.54 Å². The number of amides is 1. The summed E-state index contributed by atoms with van der Waals surface area (Å²) in [5, 5.41) is 14.9. The minimum atomic E-state index is -0.401. The molecule has 0 aliphatic heterocycles. The third-order valence-electron chi connectivity index (χ3n) is 2.36. The lowest BCUT2D eigenvalue weighted by Gasteiger charge is -2.13. The van der Waals surface area contributed by atoms with E-state index in [4.69, 9.17) is 9.47 Å². The Morgan fingerprint density at radius 3 is 2.70 bits per heavy atom. The van der Waals surface area contributed by atoms with Crippen molar-refractivity contribution < 1.29 is 14.3 Å². The molecule has 0 aliphatic rings. The maximum atomic E-state index is 11.5. The highest BCUT2D eigenvalue weighted by Crippen LogP contribution is 2.15. The van der Waals surface area contributed by atoms with Crippen LogP contribution in [0.1, 0.15) is 20.3 Å². The minimum absolute atomic E-state index is 0.0261. The summed E-state index contributed by atoms with van der Waals surface area (Å²) >= 11 is 1.43. The molecule has 20 heavy (non-hydrogen) atoms. The van der Waals surface area contributed by atoms with Gasteiger partial charge in [-0.15, -0.1) is 5.10 Å². The maximum absolute atomic E-state index is 11.5. The summed E-state index contributed by atoms with van der Waals surface area (Å²) in [5.74, 6) is 0.641. The zero-order valence-corrected chi connectivity index (χ0v) is 13.0. The highest BCUT2D eigenvalue weighted by molar-refractivity contribution is 7.99. The van der Waals surface area contributed by atoms with Gasteiger partial charge in [0.2, 0.25) is 11.1 Å². The van der Waals surface area contributed by atoms with Gasteiger partial charge in [-0.3, -0.25) is 4.79 Å². The highest BCUT2D eigenvalue weighted by atomic mass is 32.2. The standard InChI is InChI=1S/C11H21N5O3S/c1-8(2)12-9(17)5-6-20-11-13-14-15-16(11)7-10(18-3)19-4/h8,10H,5-7H2,1-4H3,(H,12,17). The molecule has 9 heteroatoms. The van der Waals surface area contributed by atoms with Gasteiger partial charge in [-0.25, -0.2) is 4.68 Å². The molecule has 0 aromatic carbocycles. The third kappa shape index (κ3) is 5.85. The lowest BCUT2D eigenvalue weighted by Crippen LogP contribution is -2.30. The molecule has 0 unspecified atom stereocenters. The molecule has 0 fully saturated rings. The number of tetrazole rings is 1. The van der Waals surface area contributed by atoms with E-state index >= 15 is 0 Å². The molecule has 0 atom stereocenters. The highest BCUT2D eigenvalue weighted by Gasteiger charge is 2.13. The number of aromatic nitrogens is 4. The van der Waals surface area contributed by atoms with E-state index in [1.807, 2.05) is 13.8 Å². The van der Waals surface area contributed by atoms with Crippen LogP contribution < -0.4 is 5.32 Å². The van der Waals surface area contributed by atoms with Crippen molar-refractivity contribution >= 4 is 17.7 Å². The van der Waals surface area contributed by atoms with Gasteiger partial charge in [-0.1, -0.05) is 11.8 Å². The van der Waals surface area contributed by atoms with E-state index in [-0.39, 0.29) is 11.9 Å². The number of hydrogen-bond donors (Lipinski definition) is 1.